The maximum absolute atomic E-state index is 13.8. The monoisotopic (exact) mass is 487 g/mol. The zero-order valence-electron chi connectivity index (χ0n) is 18.7. The predicted molar refractivity (Wildman–Crippen MR) is 118 cm³/mol. The highest BCUT2D eigenvalue weighted by atomic mass is 19.4. The summed E-state index contributed by atoms with van der Waals surface area (Å²) in [5, 5.41) is 8.10. The number of amides is 1. The Balaban J connectivity index is 1.38. The first-order valence-electron chi connectivity index (χ1n) is 10.9. The van der Waals surface area contributed by atoms with E-state index >= 15 is 0 Å². The van der Waals surface area contributed by atoms with E-state index in [1.54, 1.807) is 15.8 Å². The van der Waals surface area contributed by atoms with Crippen molar-refractivity contribution in [2.45, 2.75) is 12.7 Å². The molecule has 1 aliphatic rings. The fraction of sp³-hybridized carbons (Fsp3) is 0.304. The minimum Gasteiger partial charge on any atom is -0.335 e. The van der Waals surface area contributed by atoms with Crippen molar-refractivity contribution in [3.63, 3.8) is 0 Å². The standard InChI is InChI=1S/C23H21F4N7O/c1-31-13-15(12-28-31)14-32-6-8-33(9-7-32)22(35)19-11-21-29-18(16-2-4-17(24)5-3-16)10-20(23(25,26)27)34(21)30-19/h2-5,10-13H,6-9,14H2,1H3. The molecular weight excluding hydrogens is 466 g/mol. The Morgan fingerprint density at radius 1 is 1.06 bits per heavy atom. The molecule has 35 heavy (non-hydrogen) atoms. The Morgan fingerprint density at radius 2 is 1.77 bits per heavy atom. The summed E-state index contributed by atoms with van der Waals surface area (Å²) in [5.41, 5.74) is 0.0983. The lowest BCUT2D eigenvalue weighted by molar-refractivity contribution is -0.142. The van der Waals surface area contributed by atoms with Crippen molar-refractivity contribution >= 4 is 11.6 Å². The van der Waals surface area contributed by atoms with Crippen molar-refractivity contribution in [3.8, 4) is 11.3 Å². The second-order valence-corrected chi connectivity index (χ2v) is 8.42. The van der Waals surface area contributed by atoms with Crippen LogP contribution in [0.5, 0.6) is 0 Å². The number of aryl methyl sites for hydroxylation is 1. The topological polar surface area (TPSA) is 71.6 Å². The number of rotatable bonds is 4. The summed E-state index contributed by atoms with van der Waals surface area (Å²) in [6.07, 6.45) is -1.01. The quantitative estimate of drug-likeness (QED) is 0.414. The minimum absolute atomic E-state index is 0.00717. The van der Waals surface area contributed by atoms with E-state index in [-0.39, 0.29) is 17.0 Å². The van der Waals surface area contributed by atoms with Crippen LogP contribution < -0.4 is 0 Å². The number of carbonyl (C=O) groups is 1. The van der Waals surface area contributed by atoms with Crippen LogP contribution in [0.4, 0.5) is 17.6 Å². The van der Waals surface area contributed by atoms with Gasteiger partial charge in [-0.1, -0.05) is 0 Å². The van der Waals surface area contributed by atoms with Gasteiger partial charge in [-0.15, -0.1) is 0 Å². The molecule has 0 unspecified atom stereocenters. The molecule has 0 atom stereocenters. The number of nitrogens with zero attached hydrogens (tertiary/aromatic N) is 7. The molecule has 5 rings (SSSR count). The smallest absolute Gasteiger partial charge is 0.335 e. The first-order valence-corrected chi connectivity index (χ1v) is 10.9. The average Bonchev–Trinajstić information content (AvgIpc) is 3.44. The second-order valence-electron chi connectivity index (χ2n) is 8.42. The molecule has 0 radical (unpaired) electrons. The van der Waals surface area contributed by atoms with Crippen molar-refractivity contribution < 1.29 is 22.4 Å². The van der Waals surface area contributed by atoms with Crippen LogP contribution in [0.25, 0.3) is 16.9 Å². The van der Waals surface area contributed by atoms with Crippen LogP contribution in [0.3, 0.4) is 0 Å². The Morgan fingerprint density at radius 3 is 2.40 bits per heavy atom. The highest BCUT2D eigenvalue weighted by molar-refractivity contribution is 5.93. The summed E-state index contributed by atoms with van der Waals surface area (Å²) in [7, 11) is 1.84. The number of halogens is 4. The van der Waals surface area contributed by atoms with Crippen LogP contribution in [0.2, 0.25) is 0 Å². The van der Waals surface area contributed by atoms with Crippen molar-refractivity contribution in [2.24, 2.45) is 7.05 Å². The average molecular weight is 487 g/mol. The fourth-order valence-corrected chi connectivity index (χ4v) is 4.13. The van der Waals surface area contributed by atoms with E-state index in [0.29, 0.717) is 42.8 Å². The van der Waals surface area contributed by atoms with Gasteiger partial charge in [0.2, 0.25) is 0 Å². The van der Waals surface area contributed by atoms with Gasteiger partial charge in [0, 0.05) is 63.2 Å². The third-order valence-electron chi connectivity index (χ3n) is 5.90. The largest absolute Gasteiger partial charge is 0.433 e. The number of carbonyl (C=O) groups excluding carboxylic acids is 1. The van der Waals surface area contributed by atoms with Gasteiger partial charge in [-0.3, -0.25) is 14.4 Å². The van der Waals surface area contributed by atoms with Crippen LogP contribution in [0.1, 0.15) is 21.7 Å². The molecule has 1 aliphatic heterocycles. The summed E-state index contributed by atoms with van der Waals surface area (Å²) in [5.74, 6) is -0.961. The molecular formula is C23H21F4N7O. The first-order chi connectivity index (χ1) is 16.7. The number of hydrogen-bond acceptors (Lipinski definition) is 5. The van der Waals surface area contributed by atoms with E-state index in [1.165, 1.54) is 18.2 Å². The van der Waals surface area contributed by atoms with Gasteiger partial charge in [0.25, 0.3) is 5.91 Å². The normalized spacial score (nSPS) is 15.2. The molecule has 0 N–H and O–H groups in total. The van der Waals surface area contributed by atoms with Gasteiger partial charge in [0.15, 0.2) is 17.0 Å². The maximum Gasteiger partial charge on any atom is 0.433 e. The zero-order chi connectivity index (χ0) is 24.7. The fourth-order valence-electron chi connectivity index (χ4n) is 4.13. The molecule has 1 amide bonds. The lowest BCUT2D eigenvalue weighted by atomic mass is 10.1. The van der Waals surface area contributed by atoms with Gasteiger partial charge in [-0.05, 0) is 30.3 Å². The molecule has 182 valence electrons. The Labute approximate surface area is 197 Å². The molecule has 12 heteroatoms. The number of aromatic nitrogens is 5. The molecule has 0 aliphatic carbocycles. The summed E-state index contributed by atoms with van der Waals surface area (Å²) >= 11 is 0. The second kappa shape index (κ2) is 8.77. The number of piperazine rings is 1. The highest BCUT2D eigenvalue weighted by Gasteiger charge is 2.36. The van der Waals surface area contributed by atoms with Crippen molar-refractivity contribution in [1.29, 1.82) is 0 Å². The first kappa shape index (κ1) is 23.0. The van der Waals surface area contributed by atoms with E-state index in [0.717, 1.165) is 23.8 Å². The third kappa shape index (κ3) is 4.74. The van der Waals surface area contributed by atoms with Crippen LogP contribution in [0, 0.1) is 5.82 Å². The van der Waals surface area contributed by atoms with Crippen LogP contribution in [0.15, 0.2) is 48.8 Å². The van der Waals surface area contributed by atoms with Gasteiger partial charge in [-0.25, -0.2) is 13.9 Å². The molecule has 8 nitrogen and oxygen atoms in total. The SMILES string of the molecule is Cn1cc(CN2CCN(C(=O)c3cc4nc(-c5ccc(F)cc5)cc(C(F)(F)F)n4n3)CC2)cn1. The van der Waals surface area contributed by atoms with Gasteiger partial charge >= 0.3 is 6.18 Å². The van der Waals surface area contributed by atoms with E-state index in [1.807, 2.05) is 13.2 Å². The third-order valence-corrected chi connectivity index (χ3v) is 5.90. The minimum atomic E-state index is -4.74. The lowest BCUT2D eigenvalue weighted by Gasteiger charge is -2.34. The van der Waals surface area contributed by atoms with Crippen molar-refractivity contribution in [3.05, 3.63) is 71.6 Å². The zero-order valence-corrected chi connectivity index (χ0v) is 18.7. The maximum atomic E-state index is 13.8. The van der Waals surface area contributed by atoms with Gasteiger partial charge in [-0.2, -0.15) is 23.4 Å². The van der Waals surface area contributed by atoms with Crippen LogP contribution >= 0.6 is 0 Å². The molecule has 1 fully saturated rings. The van der Waals surface area contributed by atoms with E-state index in [4.69, 9.17) is 0 Å². The lowest BCUT2D eigenvalue weighted by Crippen LogP contribution is -2.48. The van der Waals surface area contributed by atoms with Crippen molar-refractivity contribution in [2.75, 3.05) is 26.2 Å². The van der Waals surface area contributed by atoms with Gasteiger partial charge < -0.3 is 4.90 Å². The van der Waals surface area contributed by atoms with Gasteiger partial charge in [0.1, 0.15) is 5.82 Å². The van der Waals surface area contributed by atoms with E-state index in [9.17, 15) is 22.4 Å². The number of hydrogen-bond donors (Lipinski definition) is 0. The summed E-state index contributed by atoms with van der Waals surface area (Å²) in [6, 6.07) is 7.09. The highest BCUT2D eigenvalue weighted by Crippen LogP contribution is 2.32. The molecule has 1 saturated heterocycles. The Kier molecular flexibility index (Phi) is 5.75. The number of benzene rings is 1. The summed E-state index contributed by atoms with van der Waals surface area (Å²) in [4.78, 5) is 21.1. The molecule has 4 aromatic rings. The Bertz CT molecular complexity index is 1370. The number of fused-ring (bicyclic) bond motifs is 1. The van der Waals surface area contributed by atoms with Crippen LogP contribution in [-0.4, -0.2) is 66.3 Å². The predicted octanol–water partition coefficient (Wildman–Crippen LogP) is 3.25. The number of alkyl halides is 3. The molecule has 0 spiro atoms. The van der Waals surface area contributed by atoms with Crippen LogP contribution in [-0.2, 0) is 19.8 Å². The van der Waals surface area contributed by atoms with E-state index in [2.05, 4.69) is 20.1 Å². The molecule has 0 saturated carbocycles. The summed E-state index contributed by atoms with van der Waals surface area (Å²) < 4.78 is 57.1. The molecule has 1 aromatic carbocycles. The van der Waals surface area contributed by atoms with E-state index < -0.39 is 23.6 Å². The molecule has 3 aromatic heterocycles. The van der Waals surface area contributed by atoms with Crippen molar-refractivity contribution in [1.82, 2.24) is 34.2 Å². The Hall–Kier alpha value is -3.80. The molecule has 0 bridgehead atoms. The van der Waals surface area contributed by atoms with Gasteiger partial charge in [0.05, 0.1) is 11.9 Å². The summed E-state index contributed by atoms with van der Waals surface area (Å²) in [6.45, 7) is 2.79. The molecule has 4 heterocycles.